The Kier molecular flexibility index (Phi) is 5.49. The van der Waals surface area contributed by atoms with Crippen molar-refractivity contribution in [1.29, 1.82) is 0 Å². The average molecular weight is 359 g/mol. The molecule has 1 aliphatic heterocycles. The highest BCUT2D eigenvalue weighted by Crippen LogP contribution is 2.26. The molecule has 1 fully saturated rings. The molecule has 2 aromatic heterocycles. The lowest BCUT2D eigenvalue weighted by Gasteiger charge is -2.34. The average Bonchev–Trinajstić information content (AvgIpc) is 2.99. The van der Waals surface area contributed by atoms with Crippen LogP contribution in [0.1, 0.15) is 51.4 Å². The van der Waals surface area contributed by atoms with Crippen molar-refractivity contribution in [1.82, 2.24) is 19.8 Å². The Morgan fingerprint density at radius 3 is 2.56 bits per heavy atom. The van der Waals surface area contributed by atoms with Crippen molar-refractivity contribution in [2.75, 3.05) is 26.2 Å². The first-order valence-corrected chi connectivity index (χ1v) is 9.66. The monoisotopic (exact) mass is 358 g/mol. The van der Waals surface area contributed by atoms with Crippen LogP contribution >= 0.6 is 11.3 Å². The number of aryl methyl sites for hydroxylation is 2. The quantitative estimate of drug-likeness (QED) is 0.842. The summed E-state index contributed by atoms with van der Waals surface area (Å²) in [4.78, 5) is 27.0. The number of thiazole rings is 1. The van der Waals surface area contributed by atoms with Crippen LogP contribution in [0.2, 0.25) is 0 Å². The summed E-state index contributed by atoms with van der Waals surface area (Å²) in [5.74, 6) is 0.499. The van der Waals surface area contributed by atoms with Gasteiger partial charge in [-0.3, -0.25) is 14.7 Å². The van der Waals surface area contributed by atoms with Crippen LogP contribution in [0.25, 0.3) is 0 Å². The molecule has 25 heavy (non-hydrogen) atoms. The minimum Gasteiger partial charge on any atom is -0.335 e. The molecule has 0 unspecified atom stereocenters. The summed E-state index contributed by atoms with van der Waals surface area (Å²) in [7, 11) is 0. The van der Waals surface area contributed by atoms with Crippen LogP contribution in [0.4, 0.5) is 0 Å². The van der Waals surface area contributed by atoms with Gasteiger partial charge in [0.05, 0.1) is 16.4 Å². The molecule has 3 rings (SSSR count). The van der Waals surface area contributed by atoms with E-state index in [2.05, 4.69) is 41.7 Å². The van der Waals surface area contributed by atoms with Gasteiger partial charge >= 0.3 is 0 Å². The summed E-state index contributed by atoms with van der Waals surface area (Å²) >= 11 is 1.55. The summed E-state index contributed by atoms with van der Waals surface area (Å²) in [6, 6.07) is 4.07. The molecule has 1 amide bonds. The molecule has 2 aromatic rings. The maximum absolute atomic E-state index is 12.8. The standard InChI is InChI=1S/C19H26N4OS/c1-13(2)18-21-15(4)17(25-18)19(24)23-10-8-22(9-11-23)12-16-14(3)6-5-7-20-16/h5-7,13H,8-12H2,1-4H3. The maximum Gasteiger partial charge on any atom is 0.265 e. The minimum atomic E-state index is 0.135. The molecule has 5 nitrogen and oxygen atoms in total. The van der Waals surface area contributed by atoms with Gasteiger partial charge in [-0.25, -0.2) is 4.98 Å². The van der Waals surface area contributed by atoms with Crippen LogP contribution < -0.4 is 0 Å². The molecule has 3 heterocycles. The smallest absolute Gasteiger partial charge is 0.265 e. The minimum absolute atomic E-state index is 0.135. The Hall–Kier alpha value is -1.79. The van der Waals surface area contributed by atoms with Gasteiger partial charge < -0.3 is 4.90 Å². The molecule has 0 saturated carbocycles. The fourth-order valence-corrected chi connectivity index (χ4v) is 4.05. The second kappa shape index (κ2) is 7.62. The number of carbonyl (C=O) groups excluding carboxylic acids is 1. The molecule has 0 aromatic carbocycles. The van der Waals surface area contributed by atoms with Gasteiger partial charge in [-0.15, -0.1) is 11.3 Å². The van der Waals surface area contributed by atoms with Gasteiger partial charge in [0.15, 0.2) is 0 Å². The van der Waals surface area contributed by atoms with E-state index in [-0.39, 0.29) is 5.91 Å². The van der Waals surface area contributed by atoms with E-state index in [0.29, 0.717) is 5.92 Å². The second-order valence-electron chi connectivity index (χ2n) is 6.96. The number of carbonyl (C=O) groups is 1. The molecular weight excluding hydrogens is 332 g/mol. The van der Waals surface area contributed by atoms with E-state index in [9.17, 15) is 4.79 Å². The predicted octanol–water partition coefficient (Wildman–Crippen LogP) is 3.24. The molecule has 6 heteroatoms. The van der Waals surface area contributed by atoms with E-state index < -0.39 is 0 Å². The van der Waals surface area contributed by atoms with Crippen molar-refractivity contribution in [3.05, 3.63) is 45.2 Å². The van der Waals surface area contributed by atoms with E-state index in [1.54, 1.807) is 11.3 Å². The summed E-state index contributed by atoms with van der Waals surface area (Å²) < 4.78 is 0. The number of pyridine rings is 1. The highest BCUT2D eigenvalue weighted by atomic mass is 32.1. The van der Waals surface area contributed by atoms with Crippen LogP contribution in [-0.4, -0.2) is 51.9 Å². The van der Waals surface area contributed by atoms with Crippen LogP contribution in [-0.2, 0) is 6.54 Å². The summed E-state index contributed by atoms with van der Waals surface area (Å²) in [5, 5.41) is 1.05. The van der Waals surface area contributed by atoms with Gasteiger partial charge in [0.2, 0.25) is 0 Å². The largest absolute Gasteiger partial charge is 0.335 e. The summed E-state index contributed by atoms with van der Waals surface area (Å²) in [6.07, 6.45) is 1.85. The third kappa shape index (κ3) is 4.07. The second-order valence-corrected chi connectivity index (χ2v) is 7.99. The lowest BCUT2D eigenvalue weighted by atomic mass is 10.2. The van der Waals surface area contributed by atoms with Gasteiger partial charge in [0.25, 0.3) is 5.91 Å². The van der Waals surface area contributed by atoms with Crippen molar-refractivity contribution in [3.63, 3.8) is 0 Å². The molecule has 134 valence electrons. The number of aromatic nitrogens is 2. The molecule has 0 bridgehead atoms. The van der Waals surface area contributed by atoms with Crippen molar-refractivity contribution >= 4 is 17.2 Å². The Balaban J connectivity index is 1.60. The Labute approximate surface area is 153 Å². The SMILES string of the molecule is Cc1cccnc1CN1CCN(C(=O)c2sc(C(C)C)nc2C)CC1. The topological polar surface area (TPSA) is 49.3 Å². The molecular formula is C19H26N4OS. The molecule has 0 spiro atoms. The molecule has 0 radical (unpaired) electrons. The normalized spacial score (nSPS) is 15.8. The molecule has 1 saturated heterocycles. The highest BCUT2D eigenvalue weighted by molar-refractivity contribution is 7.13. The van der Waals surface area contributed by atoms with E-state index in [0.717, 1.165) is 54.0 Å². The Morgan fingerprint density at radius 1 is 1.24 bits per heavy atom. The van der Waals surface area contributed by atoms with Gasteiger partial charge in [-0.1, -0.05) is 19.9 Å². The Bertz CT molecular complexity index is 748. The third-order valence-electron chi connectivity index (χ3n) is 4.65. The van der Waals surface area contributed by atoms with E-state index in [1.807, 2.05) is 24.1 Å². The first-order chi connectivity index (χ1) is 12.0. The third-order valence-corrected chi connectivity index (χ3v) is 6.10. The fourth-order valence-electron chi connectivity index (χ4n) is 3.01. The zero-order valence-corrected chi connectivity index (χ0v) is 16.3. The van der Waals surface area contributed by atoms with Gasteiger partial charge in [-0.05, 0) is 25.5 Å². The predicted molar refractivity (Wildman–Crippen MR) is 101 cm³/mol. The number of amides is 1. The van der Waals surface area contributed by atoms with Crippen LogP contribution in [0.15, 0.2) is 18.3 Å². The van der Waals surface area contributed by atoms with Gasteiger partial charge in [-0.2, -0.15) is 0 Å². The molecule has 0 atom stereocenters. The van der Waals surface area contributed by atoms with E-state index >= 15 is 0 Å². The van der Waals surface area contributed by atoms with Crippen molar-refractivity contribution < 1.29 is 4.79 Å². The number of rotatable bonds is 4. The summed E-state index contributed by atoms with van der Waals surface area (Å²) in [6.45, 7) is 12.4. The van der Waals surface area contributed by atoms with E-state index in [1.165, 1.54) is 5.56 Å². The van der Waals surface area contributed by atoms with Crippen molar-refractivity contribution in [2.24, 2.45) is 0 Å². The first-order valence-electron chi connectivity index (χ1n) is 8.85. The summed E-state index contributed by atoms with van der Waals surface area (Å²) in [5.41, 5.74) is 3.22. The van der Waals surface area contributed by atoms with E-state index in [4.69, 9.17) is 0 Å². The first kappa shape index (κ1) is 18.0. The lowest BCUT2D eigenvalue weighted by Crippen LogP contribution is -2.48. The van der Waals surface area contributed by atoms with Crippen LogP contribution in [0.5, 0.6) is 0 Å². The number of hydrogen-bond acceptors (Lipinski definition) is 5. The fraction of sp³-hybridized carbons (Fsp3) is 0.526. The number of piperazine rings is 1. The number of hydrogen-bond donors (Lipinski definition) is 0. The van der Waals surface area contributed by atoms with Crippen LogP contribution in [0, 0.1) is 13.8 Å². The zero-order valence-electron chi connectivity index (χ0n) is 15.5. The molecule has 0 aliphatic carbocycles. The highest BCUT2D eigenvalue weighted by Gasteiger charge is 2.26. The van der Waals surface area contributed by atoms with Crippen molar-refractivity contribution in [2.45, 2.75) is 40.2 Å². The van der Waals surface area contributed by atoms with Gasteiger partial charge in [0.1, 0.15) is 4.88 Å². The Morgan fingerprint density at radius 2 is 1.96 bits per heavy atom. The zero-order chi connectivity index (χ0) is 18.0. The maximum atomic E-state index is 12.8. The van der Waals surface area contributed by atoms with Gasteiger partial charge in [0, 0.05) is 44.8 Å². The van der Waals surface area contributed by atoms with Crippen LogP contribution in [0.3, 0.4) is 0 Å². The number of nitrogens with zero attached hydrogens (tertiary/aromatic N) is 4. The van der Waals surface area contributed by atoms with Crippen molar-refractivity contribution in [3.8, 4) is 0 Å². The molecule has 1 aliphatic rings. The lowest BCUT2D eigenvalue weighted by molar-refractivity contribution is 0.0630. The molecule has 0 N–H and O–H groups in total.